The summed E-state index contributed by atoms with van der Waals surface area (Å²) in [6.45, 7) is 7.50. The van der Waals surface area contributed by atoms with Crippen molar-refractivity contribution in [1.82, 2.24) is 39.2 Å². The SMILES string of the molecule is COc1ccc2ncc(=O)n(CCN3CCC(N)CC3)c2c1.COc1ccc2ncc(=O)n(CCN3CCC(NCc4ccc5c(n4)NC(=O)CO5)CC3)c2c1. The minimum atomic E-state index is -0.182. The van der Waals surface area contributed by atoms with Crippen molar-refractivity contribution in [3.63, 3.8) is 0 Å². The Hall–Kier alpha value is -5.42. The van der Waals surface area contributed by atoms with E-state index in [9.17, 15) is 14.4 Å². The van der Waals surface area contributed by atoms with Crippen LogP contribution in [0.15, 0.2) is 70.5 Å². The first-order chi connectivity index (χ1) is 27.3. The molecule has 0 spiro atoms. The molecule has 0 aliphatic carbocycles. The van der Waals surface area contributed by atoms with Crippen LogP contribution >= 0.6 is 0 Å². The summed E-state index contributed by atoms with van der Waals surface area (Å²) in [6.07, 6.45) is 6.87. The number of anilines is 1. The fraction of sp³-hybridized carbons (Fsp3) is 0.450. The number of ether oxygens (including phenoxy) is 3. The highest BCUT2D eigenvalue weighted by atomic mass is 16.5. The second-order valence-electron chi connectivity index (χ2n) is 14.4. The molecular formula is C40H50N10O6. The quantitative estimate of drug-likeness (QED) is 0.178. The molecule has 5 aromatic rings. The number of nitrogens with two attached hydrogens (primary N) is 1. The third-order valence-corrected chi connectivity index (χ3v) is 10.7. The molecular weight excluding hydrogens is 717 g/mol. The molecule has 0 radical (unpaired) electrons. The minimum absolute atomic E-state index is 0.0328. The van der Waals surface area contributed by atoms with Gasteiger partial charge in [0.15, 0.2) is 18.2 Å². The molecule has 1 amide bonds. The van der Waals surface area contributed by atoms with Crippen molar-refractivity contribution in [2.24, 2.45) is 5.73 Å². The van der Waals surface area contributed by atoms with Crippen LogP contribution in [-0.2, 0) is 24.4 Å². The third-order valence-electron chi connectivity index (χ3n) is 10.7. The van der Waals surface area contributed by atoms with Crippen molar-refractivity contribution < 1.29 is 19.0 Å². The second-order valence-corrected chi connectivity index (χ2v) is 14.4. The normalized spacial score (nSPS) is 16.8. The second kappa shape index (κ2) is 18.0. The zero-order valence-electron chi connectivity index (χ0n) is 32.0. The lowest BCUT2D eigenvalue weighted by Gasteiger charge is -2.32. The zero-order valence-corrected chi connectivity index (χ0v) is 32.0. The highest BCUT2D eigenvalue weighted by Gasteiger charge is 2.21. The van der Waals surface area contributed by atoms with E-state index in [0.29, 0.717) is 49.0 Å². The Kier molecular flexibility index (Phi) is 12.5. The van der Waals surface area contributed by atoms with E-state index in [2.05, 4.69) is 35.4 Å². The van der Waals surface area contributed by atoms with E-state index in [1.54, 1.807) is 23.4 Å². The lowest BCUT2D eigenvalue weighted by Crippen LogP contribution is -2.43. The van der Waals surface area contributed by atoms with Crippen LogP contribution in [0.4, 0.5) is 5.82 Å². The maximum Gasteiger partial charge on any atom is 0.269 e. The molecule has 8 rings (SSSR count). The minimum Gasteiger partial charge on any atom is -0.497 e. The number of methoxy groups -OCH3 is 2. The van der Waals surface area contributed by atoms with E-state index in [-0.39, 0.29) is 23.6 Å². The molecule has 0 bridgehead atoms. The van der Waals surface area contributed by atoms with Crippen LogP contribution in [0.3, 0.4) is 0 Å². The molecule has 0 unspecified atom stereocenters. The summed E-state index contributed by atoms with van der Waals surface area (Å²) < 4.78 is 19.5. The van der Waals surface area contributed by atoms with E-state index >= 15 is 0 Å². The standard InChI is InChI=1S/C24H28N6O4.C16H22N4O2/c1-33-18-3-4-19-20(12-18)30(23(32)14-26-19)11-10-29-8-6-16(7-9-29)25-13-17-2-5-21-24(27-17)28-22(31)15-34-21;1-22-13-2-3-14-15(10-13)20(16(21)11-18-14)9-8-19-6-4-12(17)5-7-19/h2-5,12,14,16,25H,6-11,13,15H2,1H3,(H,27,28,31);2-3,10-12H,4-9,17H2,1H3. The fourth-order valence-electron chi connectivity index (χ4n) is 7.37. The van der Waals surface area contributed by atoms with Crippen LogP contribution < -0.4 is 41.7 Å². The van der Waals surface area contributed by atoms with Gasteiger partial charge in [-0.2, -0.15) is 0 Å². The summed E-state index contributed by atoms with van der Waals surface area (Å²) in [5.74, 6) is 2.36. The number of likely N-dealkylation sites (tertiary alicyclic amines) is 2. The first-order valence-corrected chi connectivity index (χ1v) is 19.2. The van der Waals surface area contributed by atoms with Gasteiger partial charge in [-0.3, -0.25) is 14.4 Å². The van der Waals surface area contributed by atoms with Gasteiger partial charge in [0.05, 0.1) is 54.4 Å². The zero-order chi connectivity index (χ0) is 39.0. The summed E-state index contributed by atoms with van der Waals surface area (Å²) >= 11 is 0. The number of fused-ring (bicyclic) bond motifs is 3. The Balaban J connectivity index is 0.000000189. The van der Waals surface area contributed by atoms with Crippen molar-refractivity contribution in [3.8, 4) is 17.2 Å². The molecule has 56 heavy (non-hydrogen) atoms. The molecule has 4 N–H and O–H groups in total. The van der Waals surface area contributed by atoms with Gasteiger partial charge in [0.2, 0.25) is 0 Å². The predicted octanol–water partition coefficient (Wildman–Crippen LogP) is 2.21. The molecule has 6 heterocycles. The van der Waals surface area contributed by atoms with Crippen molar-refractivity contribution >= 4 is 33.8 Å². The highest BCUT2D eigenvalue weighted by Crippen LogP contribution is 2.25. The third kappa shape index (κ3) is 9.50. The van der Waals surface area contributed by atoms with Gasteiger partial charge in [0.25, 0.3) is 17.0 Å². The smallest absolute Gasteiger partial charge is 0.269 e. The van der Waals surface area contributed by atoms with Gasteiger partial charge < -0.3 is 49.5 Å². The molecule has 2 fully saturated rings. The molecule has 3 aliphatic heterocycles. The number of pyridine rings is 1. The number of aromatic nitrogens is 5. The number of piperidine rings is 2. The topological polar surface area (TPSA) is 184 Å². The Labute approximate surface area is 324 Å². The van der Waals surface area contributed by atoms with Gasteiger partial charge >= 0.3 is 0 Å². The van der Waals surface area contributed by atoms with Gasteiger partial charge in [-0.25, -0.2) is 15.0 Å². The number of nitrogens with zero attached hydrogens (tertiary/aromatic N) is 7. The fourth-order valence-corrected chi connectivity index (χ4v) is 7.37. The number of rotatable bonds is 11. The number of carbonyl (C=O) groups excluding carboxylic acids is 1. The lowest BCUT2D eigenvalue weighted by atomic mass is 10.0. The average molecular weight is 767 g/mol. The van der Waals surface area contributed by atoms with Gasteiger partial charge in [-0.1, -0.05) is 0 Å². The van der Waals surface area contributed by atoms with Crippen LogP contribution in [0.2, 0.25) is 0 Å². The van der Waals surface area contributed by atoms with Crippen LogP contribution in [0, 0.1) is 0 Å². The van der Waals surface area contributed by atoms with E-state index in [1.165, 1.54) is 12.4 Å². The molecule has 0 saturated carbocycles. The number of benzene rings is 2. The molecule has 16 nitrogen and oxygen atoms in total. The maximum atomic E-state index is 12.5. The molecule has 296 valence electrons. The summed E-state index contributed by atoms with van der Waals surface area (Å²) in [5, 5.41) is 6.32. The van der Waals surface area contributed by atoms with Gasteiger partial charge in [-0.05, 0) is 88.3 Å². The summed E-state index contributed by atoms with van der Waals surface area (Å²) in [5.41, 5.74) is 9.83. The molecule has 2 saturated heterocycles. The first kappa shape index (κ1) is 38.8. The summed E-state index contributed by atoms with van der Waals surface area (Å²) in [6, 6.07) is 15.7. The average Bonchev–Trinajstić information content (AvgIpc) is 3.22. The van der Waals surface area contributed by atoms with Crippen LogP contribution in [-0.4, -0.2) is 112 Å². The van der Waals surface area contributed by atoms with Gasteiger partial charge in [0.1, 0.15) is 11.5 Å². The van der Waals surface area contributed by atoms with Crippen molar-refractivity contribution in [2.75, 3.05) is 65.4 Å². The Bertz CT molecular complexity index is 2260. The Morgan fingerprint density at radius 2 is 1.32 bits per heavy atom. The molecule has 3 aromatic heterocycles. The van der Waals surface area contributed by atoms with Crippen molar-refractivity contribution in [3.05, 3.63) is 87.3 Å². The van der Waals surface area contributed by atoms with E-state index in [4.69, 9.17) is 19.9 Å². The van der Waals surface area contributed by atoms with Crippen LogP contribution in [0.5, 0.6) is 17.2 Å². The Morgan fingerprint density at radius 3 is 1.88 bits per heavy atom. The highest BCUT2D eigenvalue weighted by molar-refractivity contribution is 5.94. The molecule has 3 aliphatic rings. The van der Waals surface area contributed by atoms with E-state index in [0.717, 1.165) is 98.5 Å². The number of carbonyl (C=O) groups is 1. The van der Waals surface area contributed by atoms with Gasteiger partial charge in [0, 0.05) is 56.9 Å². The van der Waals surface area contributed by atoms with E-state index < -0.39 is 0 Å². The molecule has 0 atom stereocenters. The maximum absolute atomic E-state index is 12.5. The first-order valence-electron chi connectivity index (χ1n) is 19.2. The number of amides is 1. The van der Waals surface area contributed by atoms with Crippen LogP contribution in [0.25, 0.3) is 22.1 Å². The molecule has 16 heteroatoms. The van der Waals surface area contributed by atoms with E-state index in [1.807, 2.05) is 48.5 Å². The largest absolute Gasteiger partial charge is 0.497 e. The molecule has 2 aromatic carbocycles. The number of nitrogens with one attached hydrogen (secondary N) is 2. The number of hydrogen-bond donors (Lipinski definition) is 3. The van der Waals surface area contributed by atoms with Crippen LogP contribution in [0.1, 0.15) is 31.4 Å². The summed E-state index contributed by atoms with van der Waals surface area (Å²) in [7, 11) is 3.24. The van der Waals surface area contributed by atoms with Gasteiger partial charge in [-0.15, -0.1) is 0 Å². The lowest BCUT2D eigenvalue weighted by molar-refractivity contribution is -0.118. The van der Waals surface area contributed by atoms with Crippen molar-refractivity contribution in [1.29, 1.82) is 0 Å². The monoisotopic (exact) mass is 766 g/mol. The number of hydrogen-bond acceptors (Lipinski definition) is 13. The Morgan fingerprint density at radius 1 is 0.768 bits per heavy atom. The predicted molar refractivity (Wildman–Crippen MR) is 213 cm³/mol. The van der Waals surface area contributed by atoms with Crippen molar-refractivity contribution in [2.45, 2.75) is 57.4 Å². The summed E-state index contributed by atoms with van der Waals surface area (Å²) in [4.78, 5) is 53.9.